The first-order chi connectivity index (χ1) is 10.1. The Morgan fingerprint density at radius 3 is 2.81 bits per heavy atom. The van der Waals surface area contributed by atoms with Gasteiger partial charge in [0.15, 0.2) is 0 Å². The minimum atomic E-state index is -1.06. The largest absolute Gasteiger partial charge is 0.477 e. The highest BCUT2D eigenvalue weighted by atomic mass is 16.5. The Morgan fingerprint density at radius 1 is 1.52 bits per heavy atom. The number of imidazole rings is 1. The molecule has 1 aliphatic rings. The number of H-pyrrole nitrogens is 1. The van der Waals surface area contributed by atoms with Crippen molar-refractivity contribution in [2.45, 2.75) is 31.2 Å². The van der Waals surface area contributed by atoms with Crippen molar-refractivity contribution in [3.05, 3.63) is 17.7 Å². The van der Waals surface area contributed by atoms with Gasteiger partial charge in [-0.1, -0.05) is 0 Å². The van der Waals surface area contributed by atoms with Gasteiger partial charge in [0.05, 0.1) is 11.7 Å². The average Bonchev–Trinajstić information content (AvgIpc) is 2.89. The van der Waals surface area contributed by atoms with E-state index in [0.717, 1.165) is 25.7 Å². The van der Waals surface area contributed by atoms with E-state index in [2.05, 4.69) is 20.6 Å². The summed E-state index contributed by atoms with van der Waals surface area (Å²) in [6.07, 6.45) is 4.46. The predicted molar refractivity (Wildman–Crippen MR) is 74.1 cm³/mol. The first-order valence-corrected chi connectivity index (χ1v) is 6.91. The molecule has 0 unspecified atom stereocenters. The maximum absolute atomic E-state index is 11.9. The number of carbonyl (C=O) groups is 2. The van der Waals surface area contributed by atoms with E-state index in [4.69, 9.17) is 9.84 Å². The van der Waals surface area contributed by atoms with E-state index in [9.17, 15) is 9.59 Å². The fraction of sp³-hybridized carbons (Fsp3) is 0.615. The zero-order valence-electron chi connectivity index (χ0n) is 11.9. The first kappa shape index (κ1) is 15.3. The number of hydrogen-bond donors (Lipinski definition) is 4. The van der Waals surface area contributed by atoms with Crippen LogP contribution in [0.25, 0.3) is 0 Å². The van der Waals surface area contributed by atoms with Gasteiger partial charge in [0, 0.05) is 20.3 Å². The van der Waals surface area contributed by atoms with Gasteiger partial charge < -0.3 is 25.5 Å². The third-order valence-electron chi connectivity index (χ3n) is 3.63. The number of methoxy groups -OCH3 is 1. The summed E-state index contributed by atoms with van der Waals surface area (Å²) in [4.78, 5) is 29.7. The first-order valence-electron chi connectivity index (χ1n) is 6.91. The Kier molecular flexibility index (Phi) is 4.79. The molecule has 0 aromatic carbocycles. The average molecular weight is 296 g/mol. The van der Waals surface area contributed by atoms with Crippen molar-refractivity contribution in [1.29, 1.82) is 0 Å². The number of carboxylic acids is 1. The van der Waals surface area contributed by atoms with Gasteiger partial charge >= 0.3 is 12.0 Å². The van der Waals surface area contributed by atoms with E-state index in [-0.39, 0.29) is 11.7 Å². The van der Waals surface area contributed by atoms with Crippen LogP contribution in [0, 0.1) is 0 Å². The van der Waals surface area contributed by atoms with E-state index < -0.39 is 11.5 Å². The topological polar surface area (TPSA) is 116 Å². The SMILES string of the molecule is COCCCNC(=O)NC1(c2ncc(C(=O)O)[nH]2)CCC1. The molecule has 8 heteroatoms. The second kappa shape index (κ2) is 6.57. The highest BCUT2D eigenvalue weighted by Gasteiger charge is 2.42. The Balaban J connectivity index is 1.94. The molecule has 0 atom stereocenters. The Bertz CT molecular complexity index is 510. The number of urea groups is 1. The molecule has 0 aliphatic heterocycles. The molecule has 1 saturated carbocycles. The van der Waals surface area contributed by atoms with Crippen LogP contribution in [0.15, 0.2) is 6.20 Å². The van der Waals surface area contributed by atoms with E-state index in [0.29, 0.717) is 19.0 Å². The molecule has 0 bridgehead atoms. The molecule has 116 valence electrons. The predicted octanol–water partition coefficient (Wildman–Crippen LogP) is 0.823. The van der Waals surface area contributed by atoms with Gasteiger partial charge in [0.1, 0.15) is 11.5 Å². The van der Waals surface area contributed by atoms with Crippen LogP contribution in [0.5, 0.6) is 0 Å². The molecule has 1 aliphatic carbocycles. The number of aromatic amines is 1. The highest BCUT2D eigenvalue weighted by Crippen LogP contribution is 2.39. The molecule has 2 amide bonds. The van der Waals surface area contributed by atoms with Crippen LogP contribution in [0.4, 0.5) is 4.79 Å². The third-order valence-corrected chi connectivity index (χ3v) is 3.63. The summed E-state index contributed by atoms with van der Waals surface area (Å²) in [7, 11) is 1.61. The number of amides is 2. The molecule has 21 heavy (non-hydrogen) atoms. The second-order valence-corrected chi connectivity index (χ2v) is 5.11. The molecule has 2 rings (SSSR count). The fourth-order valence-corrected chi connectivity index (χ4v) is 2.30. The third kappa shape index (κ3) is 3.52. The van der Waals surface area contributed by atoms with Crippen LogP contribution >= 0.6 is 0 Å². The van der Waals surface area contributed by atoms with Crippen molar-refractivity contribution < 1.29 is 19.4 Å². The lowest BCUT2D eigenvalue weighted by Crippen LogP contribution is -2.54. The highest BCUT2D eigenvalue weighted by molar-refractivity contribution is 5.85. The Labute approximate surface area is 122 Å². The van der Waals surface area contributed by atoms with Crippen LogP contribution in [-0.2, 0) is 10.3 Å². The summed E-state index contributed by atoms with van der Waals surface area (Å²) in [5.74, 6) is -0.564. The van der Waals surface area contributed by atoms with Crippen molar-refractivity contribution in [3.8, 4) is 0 Å². The van der Waals surface area contributed by atoms with Gasteiger partial charge in [-0.2, -0.15) is 0 Å². The summed E-state index contributed by atoms with van der Waals surface area (Å²) >= 11 is 0. The van der Waals surface area contributed by atoms with Crippen LogP contribution in [-0.4, -0.2) is 47.3 Å². The second-order valence-electron chi connectivity index (χ2n) is 5.11. The van der Waals surface area contributed by atoms with Gasteiger partial charge in [-0.15, -0.1) is 0 Å². The van der Waals surface area contributed by atoms with Crippen LogP contribution in [0.2, 0.25) is 0 Å². The van der Waals surface area contributed by atoms with Crippen LogP contribution < -0.4 is 10.6 Å². The zero-order valence-corrected chi connectivity index (χ0v) is 11.9. The monoisotopic (exact) mass is 296 g/mol. The Morgan fingerprint density at radius 2 is 2.29 bits per heavy atom. The Hall–Kier alpha value is -2.09. The van der Waals surface area contributed by atoms with Crippen molar-refractivity contribution in [3.63, 3.8) is 0 Å². The van der Waals surface area contributed by atoms with Crippen LogP contribution in [0.1, 0.15) is 42.0 Å². The van der Waals surface area contributed by atoms with Crippen molar-refractivity contribution >= 4 is 12.0 Å². The van der Waals surface area contributed by atoms with Gasteiger partial charge in [0.25, 0.3) is 0 Å². The van der Waals surface area contributed by atoms with Gasteiger partial charge in [-0.25, -0.2) is 14.6 Å². The van der Waals surface area contributed by atoms with Crippen molar-refractivity contribution in [2.75, 3.05) is 20.3 Å². The lowest BCUT2D eigenvalue weighted by molar-refractivity contribution is 0.0690. The van der Waals surface area contributed by atoms with E-state index in [1.165, 1.54) is 6.20 Å². The lowest BCUT2D eigenvalue weighted by Gasteiger charge is -2.40. The van der Waals surface area contributed by atoms with Gasteiger partial charge in [0.2, 0.25) is 0 Å². The number of aromatic nitrogens is 2. The fourth-order valence-electron chi connectivity index (χ4n) is 2.30. The van der Waals surface area contributed by atoms with E-state index >= 15 is 0 Å². The number of aromatic carboxylic acids is 1. The number of carboxylic acid groups (broad SMARTS) is 1. The van der Waals surface area contributed by atoms with Gasteiger partial charge in [-0.05, 0) is 25.7 Å². The molecular weight excluding hydrogens is 276 g/mol. The minimum absolute atomic E-state index is 0.0265. The number of ether oxygens (including phenoxy) is 1. The quantitative estimate of drug-likeness (QED) is 0.556. The van der Waals surface area contributed by atoms with E-state index in [1.54, 1.807) is 7.11 Å². The smallest absolute Gasteiger partial charge is 0.353 e. The summed E-state index contributed by atoms with van der Waals surface area (Å²) in [5.41, 5.74) is -0.558. The molecule has 0 saturated heterocycles. The molecule has 1 aromatic rings. The summed E-state index contributed by atoms with van der Waals surface area (Å²) in [5, 5.41) is 14.6. The molecule has 0 radical (unpaired) electrons. The lowest BCUT2D eigenvalue weighted by atomic mass is 9.76. The summed E-state index contributed by atoms with van der Waals surface area (Å²) in [6.45, 7) is 1.11. The molecule has 4 N–H and O–H groups in total. The van der Waals surface area contributed by atoms with Crippen LogP contribution in [0.3, 0.4) is 0 Å². The number of nitrogens with one attached hydrogen (secondary N) is 3. The summed E-state index contributed by atoms with van der Waals surface area (Å²) in [6, 6.07) is -0.279. The maximum atomic E-state index is 11.9. The zero-order chi connectivity index (χ0) is 15.3. The number of nitrogens with zero attached hydrogens (tertiary/aromatic N) is 1. The number of rotatable bonds is 7. The number of hydrogen-bond acceptors (Lipinski definition) is 4. The molecule has 1 aromatic heterocycles. The molecule has 1 heterocycles. The molecule has 0 spiro atoms. The van der Waals surface area contributed by atoms with E-state index in [1.807, 2.05) is 0 Å². The standard InChI is InChI=1S/C13H20N4O4/c1-21-7-3-6-14-12(20)17-13(4-2-5-13)11-15-8-9(16-11)10(18)19/h8H,2-7H2,1H3,(H,15,16)(H,18,19)(H2,14,17,20). The van der Waals surface area contributed by atoms with Crippen molar-refractivity contribution in [2.24, 2.45) is 0 Å². The number of carbonyl (C=O) groups excluding carboxylic acids is 1. The maximum Gasteiger partial charge on any atom is 0.353 e. The normalized spacial score (nSPS) is 16.0. The molecule has 1 fully saturated rings. The molecular formula is C13H20N4O4. The van der Waals surface area contributed by atoms with Crippen molar-refractivity contribution in [1.82, 2.24) is 20.6 Å². The molecule has 8 nitrogen and oxygen atoms in total. The summed E-state index contributed by atoms with van der Waals surface area (Å²) < 4.78 is 4.91. The minimum Gasteiger partial charge on any atom is -0.477 e. The van der Waals surface area contributed by atoms with Gasteiger partial charge in [-0.3, -0.25) is 0 Å².